The molecular weight excluding hydrogens is 356 g/mol. The molecule has 18 heavy (non-hydrogen) atoms. The van der Waals surface area contributed by atoms with Gasteiger partial charge >= 0.3 is 0 Å². The van der Waals surface area contributed by atoms with Gasteiger partial charge in [-0.15, -0.1) is 0 Å². The molecule has 0 radical (unpaired) electrons. The van der Waals surface area contributed by atoms with Crippen LogP contribution in [0, 0.1) is 0 Å². The molecule has 1 unspecified atom stereocenters. The zero-order valence-electron chi connectivity index (χ0n) is 10.3. The quantitative estimate of drug-likeness (QED) is 0.599. The van der Waals surface area contributed by atoms with E-state index < -0.39 is 0 Å². The number of alkyl halides is 1. The lowest BCUT2D eigenvalue weighted by Gasteiger charge is -2.09. The number of hydrogen-bond donors (Lipinski definition) is 0. The van der Waals surface area contributed by atoms with Crippen molar-refractivity contribution in [3.63, 3.8) is 0 Å². The molecule has 0 amide bonds. The van der Waals surface area contributed by atoms with E-state index in [1.54, 1.807) is 6.26 Å². The molecule has 1 nitrogen and oxygen atoms in total. The van der Waals surface area contributed by atoms with Crippen LogP contribution in [0.1, 0.15) is 41.3 Å². The molecule has 0 N–H and O–H groups in total. The predicted molar refractivity (Wildman–Crippen MR) is 82.2 cm³/mol. The van der Waals surface area contributed by atoms with Crippen molar-refractivity contribution >= 4 is 31.9 Å². The Kier molecular flexibility index (Phi) is 5.07. The molecule has 0 spiro atoms. The normalized spacial score (nSPS) is 12.6. The molecule has 1 aromatic heterocycles. The van der Waals surface area contributed by atoms with Crippen LogP contribution in [0.15, 0.2) is 45.7 Å². The first-order valence-corrected chi connectivity index (χ1v) is 7.89. The second-order valence-corrected chi connectivity index (χ2v) is 5.99. The highest BCUT2D eigenvalue weighted by molar-refractivity contribution is 9.10. The molecule has 1 atom stereocenters. The van der Waals surface area contributed by atoms with Gasteiger partial charge in [-0.2, -0.15) is 0 Å². The molecule has 2 aromatic rings. The van der Waals surface area contributed by atoms with Gasteiger partial charge in [0.05, 0.1) is 11.1 Å². The van der Waals surface area contributed by atoms with Crippen molar-refractivity contribution < 1.29 is 4.42 Å². The Morgan fingerprint density at radius 3 is 2.44 bits per heavy atom. The summed E-state index contributed by atoms with van der Waals surface area (Å²) >= 11 is 7.13. The monoisotopic (exact) mass is 370 g/mol. The van der Waals surface area contributed by atoms with Crippen molar-refractivity contribution in [3.8, 4) is 0 Å². The van der Waals surface area contributed by atoms with E-state index in [-0.39, 0.29) is 4.83 Å². The topological polar surface area (TPSA) is 13.1 Å². The summed E-state index contributed by atoms with van der Waals surface area (Å²) in [6, 6.07) is 10.8. The van der Waals surface area contributed by atoms with Crippen LogP contribution in [-0.2, 0) is 6.42 Å². The van der Waals surface area contributed by atoms with Gasteiger partial charge in [0.25, 0.3) is 0 Å². The van der Waals surface area contributed by atoms with Crippen LogP contribution in [0.25, 0.3) is 0 Å². The maximum atomic E-state index is 5.27. The zero-order chi connectivity index (χ0) is 13.0. The number of benzene rings is 1. The van der Waals surface area contributed by atoms with Gasteiger partial charge in [-0.1, -0.05) is 53.5 Å². The molecule has 1 heterocycles. The van der Waals surface area contributed by atoms with Crippen molar-refractivity contribution in [3.05, 3.63) is 58.0 Å². The maximum absolute atomic E-state index is 5.27. The van der Waals surface area contributed by atoms with E-state index in [1.165, 1.54) is 30.4 Å². The van der Waals surface area contributed by atoms with Crippen LogP contribution in [0.3, 0.4) is 0 Å². The van der Waals surface area contributed by atoms with Gasteiger partial charge in [0.1, 0.15) is 0 Å². The van der Waals surface area contributed by atoms with Crippen molar-refractivity contribution in [1.29, 1.82) is 0 Å². The summed E-state index contributed by atoms with van der Waals surface area (Å²) < 4.78 is 6.06. The number of hydrogen-bond acceptors (Lipinski definition) is 1. The van der Waals surface area contributed by atoms with Crippen molar-refractivity contribution in [2.75, 3.05) is 0 Å². The SMILES string of the molecule is CCCCc1ccc(C(Br)c2ccoc2Br)cc1. The lowest BCUT2D eigenvalue weighted by molar-refractivity contribution is 0.537. The van der Waals surface area contributed by atoms with Gasteiger partial charge in [-0.3, -0.25) is 0 Å². The average molecular weight is 372 g/mol. The van der Waals surface area contributed by atoms with Gasteiger partial charge < -0.3 is 4.42 Å². The minimum atomic E-state index is 0.172. The van der Waals surface area contributed by atoms with Crippen molar-refractivity contribution in [1.82, 2.24) is 0 Å². The van der Waals surface area contributed by atoms with E-state index in [0.29, 0.717) is 0 Å². The first-order chi connectivity index (χ1) is 8.72. The Morgan fingerprint density at radius 1 is 1.17 bits per heavy atom. The highest BCUT2D eigenvalue weighted by atomic mass is 79.9. The summed E-state index contributed by atoms with van der Waals surface area (Å²) in [6.07, 6.45) is 5.36. The summed E-state index contributed by atoms with van der Waals surface area (Å²) in [4.78, 5) is 0.172. The fourth-order valence-electron chi connectivity index (χ4n) is 1.90. The third-order valence-corrected chi connectivity index (χ3v) is 4.68. The molecule has 2 rings (SSSR count). The Bertz CT molecular complexity index is 487. The Hall–Kier alpha value is -0.540. The Balaban J connectivity index is 2.12. The van der Waals surface area contributed by atoms with Gasteiger partial charge in [-0.05, 0) is 46.0 Å². The van der Waals surface area contributed by atoms with Crippen LogP contribution in [0.4, 0.5) is 0 Å². The lowest BCUT2D eigenvalue weighted by Crippen LogP contribution is -1.93. The molecule has 0 saturated heterocycles. The number of aryl methyl sites for hydroxylation is 1. The number of furan rings is 1. The minimum Gasteiger partial charge on any atom is -0.457 e. The average Bonchev–Trinajstić information content (AvgIpc) is 2.82. The summed E-state index contributed by atoms with van der Waals surface area (Å²) in [5.74, 6) is 0. The van der Waals surface area contributed by atoms with Gasteiger partial charge in [0.2, 0.25) is 0 Å². The lowest BCUT2D eigenvalue weighted by atomic mass is 10.0. The van der Waals surface area contributed by atoms with E-state index in [4.69, 9.17) is 4.42 Å². The van der Waals surface area contributed by atoms with Crippen LogP contribution < -0.4 is 0 Å². The summed E-state index contributed by atoms with van der Waals surface area (Å²) in [6.45, 7) is 2.22. The van der Waals surface area contributed by atoms with Crippen molar-refractivity contribution in [2.24, 2.45) is 0 Å². The fraction of sp³-hybridized carbons (Fsp3) is 0.333. The van der Waals surface area contributed by atoms with Crippen molar-refractivity contribution in [2.45, 2.75) is 31.0 Å². The molecular formula is C15H16Br2O. The van der Waals surface area contributed by atoms with Gasteiger partial charge in [0, 0.05) is 5.56 Å². The van der Waals surface area contributed by atoms with E-state index in [9.17, 15) is 0 Å². The summed E-state index contributed by atoms with van der Waals surface area (Å²) in [7, 11) is 0. The summed E-state index contributed by atoms with van der Waals surface area (Å²) in [5.41, 5.74) is 3.78. The van der Waals surface area contributed by atoms with Gasteiger partial charge in [0.15, 0.2) is 4.67 Å². The third kappa shape index (κ3) is 3.27. The van der Waals surface area contributed by atoms with Crippen LogP contribution in [0.5, 0.6) is 0 Å². The van der Waals surface area contributed by atoms with Crippen LogP contribution in [-0.4, -0.2) is 0 Å². The molecule has 0 saturated carbocycles. The highest BCUT2D eigenvalue weighted by Crippen LogP contribution is 2.35. The fourth-order valence-corrected chi connectivity index (χ4v) is 3.34. The van der Waals surface area contributed by atoms with E-state index in [0.717, 1.165) is 10.2 Å². The molecule has 0 bridgehead atoms. The van der Waals surface area contributed by atoms with E-state index in [1.807, 2.05) is 6.07 Å². The first-order valence-electron chi connectivity index (χ1n) is 6.18. The largest absolute Gasteiger partial charge is 0.457 e. The standard InChI is InChI=1S/C15H16Br2O/c1-2-3-4-11-5-7-12(8-6-11)14(16)13-9-10-18-15(13)17/h5-10,14H,2-4H2,1H3. The maximum Gasteiger partial charge on any atom is 0.173 e. The first kappa shape index (κ1) is 13.9. The minimum absolute atomic E-state index is 0.172. The molecule has 0 aliphatic carbocycles. The molecule has 1 aromatic carbocycles. The number of halogens is 2. The molecule has 0 fully saturated rings. The number of unbranched alkanes of at least 4 members (excludes halogenated alkanes) is 1. The molecule has 0 aliphatic rings. The van der Waals surface area contributed by atoms with Crippen LogP contribution in [0.2, 0.25) is 0 Å². The molecule has 96 valence electrons. The predicted octanol–water partition coefficient (Wildman–Crippen LogP) is 5.87. The van der Waals surface area contributed by atoms with Crippen LogP contribution >= 0.6 is 31.9 Å². The smallest absolute Gasteiger partial charge is 0.173 e. The Morgan fingerprint density at radius 2 is 1.89 bits per heavy atom. The molecule has 0 aliphatic heterocycles. The second-order valence-electron chi connectivity index (χ2n) is 4.36. The summed E-state index contributed by atoms with van der Waals surface area (Å²) in [5, 5.41) is 0. The van der Waals surface area contributed by atoms with E-state index >= 15 is 0 Å². The molecule has 3 heteroatoms. The van der Waals surface area contributed by atoms with Gasteiger partial charge in [-0.25, -0.2) is 0 Å². The van der Waals surface area contributed by atoms with E-state index in [2.05, 4.69) is 63.0 Å². The Labute approximate surface area is 125 Å². The third-order valence-electron chi connectivity index (χ3n) is 3.01. The second kappa shape index (κ2) is 6.58. The highest BCUT2D eigenvalue weighted by Gasteiger charge is 2.15. The zero-order valence-corrected chi connectivity index (χ0v) is 13.5. The number of rotatable bonds is 5.